The molecular weight excluding hydrogens is 652 g/mol. The van der Waals surface area contributed by atoms with Gasteiger partial charge in [-0.2, -0.15) is 0 Å². The van der Waals surface area contributed by atoms with Crippen molar-refractivity contribution in [3.63, 3.8) is 0 Å². The maximum atomic E-state index is 13.8. The molecule has 0 radical (unpaired) electrons. The molecular formula is C33H30ClF2N5O3S2. The van der Waals surface area contributed by atoms with Gasteiger partial charge in [-0.05, 0) is 59.5 Å². The fourth-order valence-electron chi connectivity index (χ4n) is 4.94. The van der Waals surface area contributed by atoms with E-state index < -0.39 is 11.3 Å². The Labute approximate surface area is 276 Å². The van der Waals surface area contributed by atoms with Crippen molar-refractivity contribution in [3.05, 3.63) is 136 Å². The third kappa shape index (κ3) is 9.24. The summed E-state index contributed by atoms with van der Waals surface area (Å²) in [5, 5.41) is 3.21. The molecule has 2 aromatic heterocycles. The summed E-state index contributed by atoms with van der Waals surface area (Å²) in [6, 6.07) is 24.8. The molecule has 0 saturated carbocycles. The summed E-state index contributed by atoms with van der Waals surface area (Å²) < 4.78 is 50.2. The minimum absolute atomic E-state index is 0.215. The average Bonchev–Trinajstić information content (AvgIpc) is 3.43. The Morgan fingerprint density at radius 2 is 1.59 bits per heavy atom. The van der Waals surface area contributed by atoms with Crippen LogP contribution in [0.3, 0.4) is 0 Å². The highest BCUT2D eigenvalue weighted by molar-refractivity contribution is 7.77. The normalized spacial score (nSPS) is 11.8. The van der Waals surface area contributed by atoms with Crippen molar-refractivity contribution in [2.45, 2.75) is 25.3 Å². The molecule has 0 fully saturated rings. The number of amides is 2. The highest BCUT2D eigenvalue weighted by Crippen LogP contribution is 2.36. The second kappa shape index (κ2) is 16.0. The number of anilines is 1. The Kier molecular flexibility index (Phi) is 11.6. The van der Waals surface area contributed by atoms with E-state index in [0.717, 1.165) is 39.3 Å². The number of carbonyl (C=O) groups excluding carboxylic acids is 1. The molecule has 2 amide bonds. The Hall–Kier alpha value is -4.07. The minimum Gasteiger partial charge on any atom is -0.324 e. The lowest BCUT2D eigenvalue weighted by atomic mass is 9.88. The highest BCUT2D eigenvalue weighted by atomic mass is 35.5. The smallest absolute Gasteiger partial charge is 0.323 e. The molecule has 3 aromatic carbocycles. The van der Waals surface area contributed by atoms with E-state index in [1.807, 2.05) is 18.2 Å². The first-order chi connectivity index (χ1) is 22.2. The van der Waals surface area contributed by atoms with Crippen molar-refractivity contribution in [3.8, 4) is 11.3 Å². The molecule has 0 spiro atoms. The largest absolute Gasteiger partial charge is 0.324 e. The number of rotatable bonds is 13. The number of benzene rings is 3. The zero-order valence-corrected chi connectivity index (χ0v) is 26.8. The molecule has 1 atom stereocenters. The van der Waals surface area contributed by atoms with Crippen molar-refractivity contribution in [2.75, 3.05) is 18.4 Å². The van der Waals surface area contributed by atoms with Gasteiger partial charge in [0.15, 0.2) is 5.13 Å². The summed E-state index contributed by atoms with van der Waals surface area (Å²) in [7, 11) is 0. The predicted octanol–water partition coefficient (Wildman–Crippen LogP) is 7.66. The van der Waals surface area contributed by atoms with Crippen LogP contribution in [0.4, 0.5) is 18.7 Å². The first kappa shape index (κ1) is 33.3. The molecule has 0 aliphatic carbocycles. The number of carbonyl (C=O) groups is 1. The fourth-order valence-corrected chi connectivity index (χ4v) is 6.31. The SMILES string of the molecule is O=C(Nc1nc(-c2ccc(CNS(=O)O)cc2)c(Cl)s1)N(CCc1ccccn1)CCC(c1ccc(F)cc1)c1ccc(F)cc1. The number of nitrogens with one attached hydrogen (secondary N) is 2. The minimum atomic E-state index is -2.11. The van der Waals surface area contributed by atoms with Crippen LogP contribution in [0.2, 0.25) is 4.34 Å². The molecule has 8 nitrogen and oxygen atoms in total. The molecule has 5 rings (SSSR count). The van der Waals surface area contributed by atoms with Crippen LogP contribution < -0.4 is 10.0 Å². The van der Waals surface area contributed by atoms with Gasteiger partial charge in [0, 0.05) is 49.4 Å². The van der Waals surface area contributed by atoms with Crippen LogP contribution in [-0.4, -0.2) is 42.8 Å². The van der Waals surface area contributed by atoms with E-state index in [1.54, 1.807) is 59.6 Å². The van der Waals surface area contributed by atoms with Crippen molar-refractivity contribution >= 4 is 45.4 Å². The van der Waals surface area contributed by atoms with Gasteiger partial charge in [-0.1, -0.05) is 77.5 Å². The van der Waals surface area contributed by atoms with Crippen LogP contribution in [0, 0.1) is 11.6 Å². The Bertz CT molecular complexity index is 1710. The van der Waals surface area contributed by atoms with E-state index in [4.69, 9.17) is 16.2 Å². The first-order valence-corrected chi connectivity index (χ1v) is 16.6. The zero-order valence-electron chi connectivity index (χ0n) is 24.4. The van der Waals surface area contributed by atoms with Crippen LogP contribution in [-0.2, 0) is 24.2 Å². The van der Waals surface area contributed by atoms with Crippen LogP contribution in [0.25, 0.3) is 11.3 Å². The molecule has 13 heteroatoms. The molecule has 238 valence electrons. The van der Waals surface area contributed by atoms with Crippen LogP contribution in [0.1, 0.15) is 34.7 Å². The molecule has 0 saturated heterocycles. The lowest BCUT2D eigenvalue weighted by Gasteiger charge is -2.26. The maximum Gasteiger partial charge on any atom is 0.323 e. The van der Waals surface area contributed by atoms with Crippen molar-refractivity contribution in [1.82, 2.24) is 19.6 Å². The number of hydrogen-bond acceptors (Lipinski definition) is 5. The van der Waals surface area contributed by atoms with Gasteiger partial charge in [0.25, 0.3) is 0 Å². The van der Waals surface area contributed by atoms with E-state index in [2.05, 4.69) is 20.0 Å². The molecule has 1 unspecified atom stereocenters. The number of hydrogen-bond donors (Lipinski definition) is 3. The van der Waals surface area contributed by atoms with Crippen LogP contribution in [0.15, 0.2) is 97.2 Å². The number of urea groups is 1. The third-order valence-electron chi connectivity index (χ3n) is 7.31. The number of halogens is 3. The van der Waals surface area contributed by atoms with E-state index in [0.29, 0.717) is 41.1 Å². The van der Waals surface area contributed by atoms with Gasteiger partial charge in [-0.15, -0.1) is 0 Å². The van der Waals surface area contributed by atoms with E-state index in [1.165, 1.54) is 24.3 Å². The maximum absolute atomic E-state index is 13.8. The van der Waals surface area contributed by atoms with Gasteiger partial charge in [0.1, 0.15) is 21.7 Å². The topological polar surface area (TPSA) is 107 Å². The summed E-state index contributed by atoms with van der Waals surface area (Å²) in [6.45, 7) is 0.910. The van der Waals surface area contributed by atoms with Gasteiger partial charge < -0.3 is 4.90 Å². The van der Waals surface area contributed by atoms with Crippen LogP contribution in [0.5, 0.6) is 0 Å². The monoisotopic (exact) mass is 681 g/mol. The van der Waals surface area contributed by atoms with Gasteiger partial charge in [-0.3, -0.25) is 14.9 Å². The standard InChI is InChI=1S/C33H30ClF2N5O3S2/c34-31-30(25-6-4-22(5-7-25)21-38-46(43)44)39-32(45-31)40-33(42)41(19-16-28-3-1-2-18-37-28)20-17-29(23-8-12-26(35)13-9-23)24-10-14-27(36)15-11-24/h1-15,18,29,38H,16-17,19-21H2,(H,43,44)(H,39,40,42). The third-order valence-corrected chi connectivity index (χ3v) is 8.87. The Morgan fingerprint density at radius 3 is 2.17 bits per heavy atom. The lowest BCUT2D eigenvalue weighted by Crippen LogP contribution is -2.38. The first-order valence-electron chi connectivity index (χ1n) is 14.3. The molecule has 46 heavy (non-hydrogen) atoms. The number of nitrogens with zero attached hydrogens (tertiary/aromatic N) is 3. The summed E-state index contributed by atoms with van der Waals surface area (Å²) in [4.78, 5) is 24.3. The number of aromatic nitrogens is 2. The quantitative estimate of drug-likeness (QED) is 0.111. The predicted molar refractivity (Wildman–Crippen MR) is 178 cm³/mol. The van der Waals surface area contributed by atoms with Crippen LogP contribution >= 0.6 is 22.9 Å². The molecule has 0 aliphatic rings. The molecule has 0 aliphatic heterocycles. The summed E-state index contributed by atoms with van der Waals surface area (Å²) >= 11 is 5.55. The van der Waals surface area contributed by atoms with Crippen molar-refractivity contribution in [2.24, 2.45) is 0 Å². The summed E-state index contributed by atoms with van der Waals surface area (Å²) in [5.41, 5.74) is 4.55. The molecule has 0 bridgehead atoms. The van der Waals surface area contributed by atoms with Gasteiger partial charge >= 0.3 is 6.03 Å². The number of thiazole rings is 1. The van der Waals surface area contributed by atoms with Gasteiger partial charge in [0.05, 0.1) is 0 Å². The Morgan fingerprint density at radius 1 is 0.935 bits per heavy atom. The second-order valence-electron chi connectivity index (χ2n) is 10.3. The molecule has 5 aromatic rings. The van der Waals surface area contributed by atoms with Gasteiger partial charge in [0.2, 0.25) is 11.3 Å². The Balaban J connectivity index is 1.34. The highest BCUT2D eigenvalue weighted by Gasteiger charge is 2.22. The summed E-state index contributed by atoms with van der Waals surface area (Å²) in [6.07, 6.45) is 2.71. The van der Waals surface area contributed by atoms with E-state index in [9.17, 15) is 17.8 Å². The van der Waals surface area contributed by atoms with Gasteiger partial charge in [-0.25, -0.2) is 27.5 Å². The summed E-state index contributed by atoms with van der Waals surface area (Å²) in [5.74, 6) is -0.929. The average molecular weight is 682 g/mol. The zero-order chi connectivity index (χ0) is 32.5. The molecule has 3 N–H and O–H groups in total. The van der Waals surface area contributed by atoms with Crippen molar-refractivity contribution in [1.29, 1.82) is 0 Å². The van der Waals surface area contributed by atoms with E-state index in [-0.39, 0.29) is 30.1 Å². The lowest BCUT2D eigenvalue weighted by molar-refractivity contribution is 0.210. The van der Waals surface area contributed by atoms with Crippen molar-refractivity contribution < 1.29 is 22.3 Å². The molecule has 2 heterocycles. The van der Waals surface area contributed by atoms with E-state index >= 15 is 0 Å². The second-order valence-corrected chi connectivity index (χ2v) is 12.7. The number of pyridine rings is 1. The fraction of sp³-hybridized carbons (Fsp3) is 0.182.